The lowest BCUT2D eigenvalue weighted by molar-refractivity contribution is -0.116. The van der Waals surface area contributed by atoms with Crippen LogP contribution in [0.4, 0.5) is 11.4 Å². The zero-order valence-corrected chi connectivity index (χ0v) is 17.9. The van der Waals surface area contributed by atoms with Gasteiger partial charge in [0.2, 0.25) is 5.91 Å². The van der Waals surface area contributed by atoms with Crippen LogP contribution in [0.1, 0.15) is 49.1 Å². The van der Waals surface area contributed by atoms with Gasteiger partial charge in [-0.1, -0.05) is 36.7 Å². The summed E-state index contributed by atoms with van der Waals surface area (Å²) in [6, 6.07) is 8.16. The summed E-state index contributed by atoms with van der Waals surface area (Å²) in [6.45, 7) is 6.11. The molecule has 1 aliphatic heterocycles. The van der Waals surface area contributed by atoms with Crippen LogP contribution in [0.2, 0.25) is 0 Å². The average Bonchev–Trinajstić information content (AvgIpc) is 2.97. The number of hydrogen-bond acceptors (Lipinski definition) is 5. The van der Waals surface area contributed by atoms with Crippen molar-refractivity contribution < 1.29 is 4.79 Å². The Bertz CT molecular complexity index is 793. The molecule has 0 bridgehead atoms. The number of benzene rings is 1. The number of nitrogens with one attached hydrogen (secondary N) is 1. The topological polar surface area (TPSA) is 58.1 Å². The van der Waals surface area contributed by atoms with Gasteiger partial charge in [0.05, 0.1) is 11.4 Å². The lowest BCUT2D eigenvalue weighted by atomic mass is 10.1. The van der Waals surface area contributed by atoms with Gasteiger partial charge >= 0.3 is 0 Å². The van der Waals surface area contributed by atoms with Crippen LogP contribution in [0, 0.1) is 13.8 Å². The summed E-state index contributed by atoms with van der Waals surface area (Å²) in [4.78, 5) is 24.1. The second kappa shape index (κ2) is 9.92. The van der Waals surface area contributed by atoms with Crippen LogP contribution in [0.3, 0.4) is 0 Å². The normalized spacial score (nSPS) is 14.6. The summed E-state index contributed by atoms with van der Waals surface area (Å²) in [6.07, 6.45) is 8.08. The number of anilines is 2. The Hall–Kier alpha value is -2.08. The summed E-state index contributed by atoms with van der Waals surface area (Å²) in [7, 11) is 0. The molecule has 1 saturated heterocycles. The molecule has 6 heteroatoms. The Labute approximate surface area is 172 Å². The molecular formula is C22H30N4OS. The van der Waals surface area contributed by atoms with E-state index < -0.39 is 0 Å². The number of amides is 1. The van der Waals surface area contributed by atoms with E-state index >= 15 is 0 Å². The van der Waals surface area contributed by atoms with Crippen LogP contribution in [-0.2, 0) is 11.2 Å². The van der Waals surface area contributed by atoms with Gasteiger partial charge in [-0.05, 0) is 57.1 Å². The fourth-order valence-electron chi connectivity index (χ4n) is 3.78. The molecule has 0 aliphatic carbocycles. The molecule has 3 rings (SSSR count). The highest BCUT2D eigenvalue weighted by atomic mass is 32.2. The van der Waals surface area contributed by atoms with Gasteiger partial charge in [0.1, 0.15) is 0 Å². The van der Waals surface area contributed by atoms with Crippen molar-refractivity contribution in [1.82, 2.24) is 9.97 Å². The molecule has 2 heterocycles. The second-order valence-electron chi connectivity index (χ2n) is 7.33. The Morgan fingerprint density at radius 1 is 1.07 bits per heavy atom. The quantitative estimate of drug-likeness (QED) is 0.561. The molecule has 1 N–H and O–H groups in total. The average molecular weight is 399 g/mol. The standard InChI is InChI=1S/C22H30N4OS/c1-16-18(17(2)24-22(23-16)28-3)12-13-21(27)25-19-10-6-7-11-20(19)26-14-8-4-5-9-15-26/h6-7,10-11H,4-5,8-9,12-15H2,1-3H3,(H,25,27). The molecule has 1 fully saturated rings. The lowest BCUT2D eigenvalue weighted by Gasteiger charge is -2.25. The number of para-hydroxylation sites is 2. The first-order valence-electron chi connectivity index (χ1n) is 10.1. The van der Waals surface area contributed by atoms with Crippen LogP contribution >= 0.6 is 11.8 Å². The van der Waals surface area contributed by atoms with Crippen molar-refractivity contribution in [2.45, 2.75) is 57.5 Å². The van der Waals surface area contributed by atoms with Crippen LogP contribution < -0.4 is 10.2 Å². The van der Waals surface area contributed by atoms with E-state index in [2.05, 4.69) is 26.3 Å². The van der Waals surface area contributed by atoms with Gasteiger partial charge in [0, 0.05) is 30.9 Å². The van der Waals surface area contributed by atoms with Crippen LogP contribution in [0.5, 0.6) is 0 Å². The SMILES string of the molecule is CSc1nc(C)c(CCC(=O)Nc2ccccc2N2CCCCCC2)c(C)n1. The van der Waals surface area contributed by atoms with E-state index in [1.807, 2.05) is 38.3 Å². The predicted molar refractivity (Wildman–Crippen MR) is 117 cm³/mol. The first-order chi connectivity index (χ1) is 13.6. The molecule has 1 aromatic carbocycles. The fourth-order valence-corrected chi connectivity index (χ4v) is 4.24. The summed E-state index contributed by atoms with van der Waals surface area (Å²) in [5.41, 5.74) is 5.06. The third-order valence-electron chi connectivity index (χ3n) is 5.31. The highest BCUT2D eigenvalue weighted by Crippen LogP contribution is 2.28. The number of aromatic nitrogens is 2. The molecule has 0 saturated carbocycles. The van der Waals surface area contributed by atoms with Crippen molar-refractivity contribution in [2.24, 2.45) is 0 Å². The lowest BCUT2D eigenvalue weighted by Crippen LogP contribution is -2.25. The minimum atomic E-state index is 0.0371. The van der Waals surface area contributed by atoms with Gasteiger partial charge in [0.25, 0.3) is 0 Å². The molecule has 28 heavy (non-hydrogen) atoms. The third-order valence-corrected chi connectivity index (χ3v) is 5.86. The molecule has 0 spiro atoms. The maximum atomic E-state index is 12.7. The summed E-state index contributed by atoms with van der Waals surface area (Å²) >= 11 is 1.54. The number of carbonyl (C=O) groups excluding carboxylic acids is 1. The Morgan fingerprint density at radius 3 is 2.36 bits per heavy atom. The maximum Gasteiger partial charge on any atom is 0.224 e. The van der Waals surface area contributed by atoms with Crippen molar-refractivity contribution >= 4 is 29.0 Å². The van der Waals surface area contributed by atoms with Crippen molar-refractivity contribution in [1.29, 1.82) is 0 Å². The van der Waals surface area contributed by atoms with Crippen LogP contribution in [0.25, 0.3) is 0 Å². The zero-order valence-electron chi connectivity index (χ0n) is 17.1. The first kappa shape index (κ1) is 20.6. The van der Waals surface area contributed by atoms with Crippen LogP contribution in [0.15, 0.2) is 29.4 Å². The molecule has 5 nitrogen and oxygen atoms in total. The maximum absolute atomic E-state index is 12.7. The summed E-state index contributed by atoms with van der Waals surface area (Å²) in [5, 5.41) is 3.92. The van der Waals surface area contributed by atoms with Crippen molar-refractivity contribution in [2.75, 3.05) is 29.6 Å². The van der Waals surface area contributed by atoms with E-state index in [0.29, 0.717) is 12.8 Å². The van der Waals surface area contributed by atoms with Crippen molar-refractivity contribution in [3.05, 3.63) is 41.2 Å². The smallest absolute Gasteiger partial charge is 0.224 e. The van der Waals surface area contributed by atoms with E-state index in [4.69, 9.17) is 0 Å². The number of nitrogens with zero attached hydrogens (tertiary/aromatic N) is 3. The van der Waals surface area contributed by atoms with Gasteiger partial charge in [-0.15, -0.1) is 0 Å². The number of carbonyl (C=O) groups is 1. The van der Waals surface area contributed by atoms with E-state index in [9.17, 15) is 4.79 Å². The fraction of sp³-hybridized carbons (Fsp3) is 0.500. The van der Waals surface area contributed by atoms with Gasteiger partial charge in [-0.25, -0.2) is 9.97 Å². The third kappa shape index (κ3) is 5.25. The Morgan fingerprint density at radius 2 is 1.71 bits per heavy atom. The van der Waals surface area contributed by atoms with Gasteiger partial charge in [0.15, 0.2) is 5.16 Å². The molecule has 150 valence electrons. The number of thioether (sulfide) groups is 1. The number of aryl methyl sites for hydroxylation is 2. The van der Waals surface area contributed by atoms with E-state index in [1.165, 1.54) is 25.7 Å². The molecular weight excluding hydrogens is 368 g/mol. The van der Waals surface area contributed by atoms with Gasteiger partial charge in [-0.2, -0.15) is 0 Å². The van der Waals surface area contributed by atoms with E-state index in [0.717, 1.165) is 46.6 Å². The highest BCUT2D eigenvalue weighted by molar-refractivity contribution is 7.98. The number of hydrogen-bond donors (Lipinski definition) is 1. The molecule has 2 aromatic rings. The summed E-state index contributed by atoms with van der Waals surface area (Å²) in [5.74, 6) is 0.0371. The Balaban J connectivity index is 1.66. The first-order valence-corrected chi connectivity index (χ1v) is 11.3. The monoisotopic (exact) mass is 398 g/mol. The summed E-state index contributed by atoms with van der Waals surface area (Å²) < 4.78 is 0. The predicted octanol–water partition coefficient (Wildman–Crippen LogP) is 4.77. The highest BCUT2D eigenvalue weighted by Gasteiger charge is 2.15. The van der Waals surface area contributed by atoms with Crippen molar-refractivity contribution in [3.63, 3.8) is 0 Å². The van der Waals surface area contributed by atoms with Gasteiger partial charge < -0.3 is 10.2 Å². The van der Waals surface area contributed by atoms with E-state index in [-0.39, 0.29) is 5.91 Å². The molecule has 1 amide bonds. The van der Waals surface area contributed by atoms with Crippen molar-refractivity contribution in [3.8, 4) is 0 Å². The van der Waals surface area contributed by atoms with Crippen LogP contribution in [-0.4, -0.2) is 35.2 Å². The minimum Gasteiger partial charge on any atom is -0.370 e. The molecule has 0 unspecified atom stereocenters. The Kier molecular flexibility index (Phi) is 7.31. The zero-order chi connectivity index (χ0) is 19.9. The molecule has 1 aromatic heterocycles. The minimum absolute atomic E-state index is 0.0371. The van der Waals surface area contributed by atoms with E-state index in [1.54, 1.807) is 11.8 Å². The molecule has 1 aliphatic rings. The largest absolute Gasteiger partial charge is 0.370 e. The molecule has 0 radical (unpaired) electrons. The molecule has 0 atom stereocenters. The second-order valence-corrected chi connectivity index (χ2v) is 8.10. The van der Waals surface area contributed by atoms with Gasteiger partial charge in [-0.3, -0.25) is 4.79 Å². The number of rotatable bonds is 6.